The van der Waals surface area contributed by atoms with Gasteiger partial charge in [0.2, 0.25) is 5.91 Å². The molecule has 0 bridgehead atoms. The minimum absolute atomic E-state index is 0.141. The van der Waals surface area contributed by atoms with E-state index in [1.807, 2.05) is 20.2 Å². The molecule has 0 radical (unpaired) electrons. The molecule has 1 aliphatic rings. The van der Waals surface area contributed by atoms with Gasteiger partial charge in [0.25, 0.3) is 0 Å². The Morgan fingerprint density at radius 2 is 1.85 bits per heavy atom. The van der Waals surface area contributed by atoms with Crippen molar-refractivity contribution in [1.82, 2.24) is 10.2 Å². The third kappa shape index (κ3) is 4.07. The van der Waals surface area contributed by atoms with Crippen molar-refractivity contribution in [3.63, 3.8) is 0 Å². The Bertz CT molecular complexity index is 410. The summed E-state index contributed by atoms with van der Waals surface area (Å²) in [6.07, 6.45) is 6.52. The van der Waals surface area contributed by atoms with Gasteiger partial charge in [-0.05, 0) is 24.3 Å². The summed E-state index contributed by atoms with van der Waals surface area (Å²) in [5, 5.41) is 3.50. The molecule has 1 aliphatic carbocycles. The molecule has 1 aromatic carbocycles. The number of amides is 1. The molecule has 110 valence electrons. The minimum Gasteiger partial charge on any atom is -0.348 e. The van der Waals surface area contributed by atoms with Crippen LogP contribution in [0.1, 0.15) is 43.7 Å². The van der Waals surface area contributed by atoms with E-state index < -0.39 is 0 Å². The Morgan fingerprint density at radius 3 is 2.45 bits per heavy atom. The molecule has 1 aromatic rings. The first kappa shape index (κ1) is 15.0. The van der Waals surface area contributed by atoms with Gasteiger partial charge in [0, 0.05) is 20.1 Å². The van der Waals surface area contributed by atoms with E-state index in [0.29, 0.717) is 18.5 Å². The SMILES string of the molecule is CN(C)C(=O)CNC(c1ccccc1)C1CCCCC1. The zero-order chi connectivity index (χ0) is 14.4. The standard InChI is InChI=1S/C17H26N2O/c1-19(2)16(20)13-18-17(14-9-5-3-6-10-14)15-11-7-4-8-12-15/h3,5-6,9-10,15,17-18H,4,7-8,11-13H2,1-2H3. The quantitative estimate of drug-likeness (QED) is 0.895. The third-order valence-corrected chi connectivity index (χ3v) is 4.25. The van der Waals surface area contributed by atoms with Crippen LogP contribution in [-0.4, -0.2) is 31.4 Å². The van der Waals surface area contributed by atoms with Gasteiger partial charge < -0.3 is 10.2 Å². The number of hydrogen-bond donors (Lipinski definition) is 1. The molecule has 3 heteroatoms. The predicted molar refractivity (Wildman–Crippen MR) is 82.5 cm³/mol. The normalized spacial score (nSPS) is 17.7. The number of nitrogens with one attached hydrogen (secondary N) is 1. The maximum atomic E-state index is 11.8. The van der Waals surface area contributed by atoms with Crippen molar-refractivity contribution in [2.24, 2.45) is 5.92 Å². The fourth-order valence-corrected chi connectivity index (χ4v) is 3.04. The van der Waals surface area contributed by atoms with Crippen LogP contribution in [0.4, 0.5) is 0 Å². The highest BCUT2D eigenvalue weighted by atomic mass is 16.2. The molecule has 2 rings (SSSR count). The number of rotatable bonds is 5. The van der Waals surface area contributed by atoms with Crippen molar-refractivity contribution in [3.8, 4) is 0 Å². The maximum Gasteiger partial charge on any atom is 0.236 e. The number of carbonyl (C=O) groups excluding carboxylic acids is 1. The average Bonchev–Trinajstić information content (AvgIpc) is 2.49. The maximum absolute atomic E-state index is 11.8. The molecule has 0 aromatic heterocycles. The summed E-state index contributed by atoms with van der Waals surface area (Å²) in [5.41, 5.74) is 1.31. The van der Waals surface area contributed by atoms with Crippen molar-refractivity contribution < 1.29 is 4.79 Å². The number of nitrogens with zero attached hydrogens (tertiary/aromatic N) is 1. The Hall–Kier alpha value is -1.35. The number of hydrogen-bond acceptors (Lipinski definition) is 2. The van der Waals surface area contributed by atoms with Crippen LogP contribution in [0.2, 0.25) is 0 Å². The summed E-state index contributed by atoms with van der Waals surface area (Å²) in [5.74, 6) is 0.794. The van der Waals surface area contributed by atoms with E-state index >= 15 is 0 Å². The highest BCUT2D eigenvalue weighted by molar-refractivity contribution is 5.77. The van der Waals surface area contributed by atoms with E-state index in [-0.39, 0.29) is 5.91 Å². The smallest absolute Gasteiger partial charge is 0.236 e. The fraction of sp³-hybridized carbons (Fsp3) is 0.588. The van der Waals surface area contributed by atoms with Gasteiger partial charge in [0.15, 0.2) is 0 Å². The highest BCUT2D eigenvalue weighted by Gasteiger charge is 2.25. The number of carbonyl (C=O) groups is 1. The average molecular weight is 274 g/mol. The van der Waals surface area contributed by atoms with Gasteiger partial charge >= 0.3 is 0 Å². The lowest BCUT2D eigenvalue weighted by atomic mass is 9.81. The lowest BCUT2D eigenvalue weighted by molar-refractivity contribution is -0.127. The first-order chi connectivity index (χ1) is 9.68. The summed E-state index contributed by atoms with van der Waals surface area (Å²) in [6.45, 7) is 0.420. The lowest BCUT2D eigenvalue weighted by Crippen LogP contribution is -2.38. The molecule has 1 unspecified atom stereocenters. The first-order valence-corrected chi connectivity index (χ1v) is 7.67. The van der Waals surface area contributed by atoms with Gasteiger partial charge in [-0.25, -0.2) is 0 Å². The van der Waals surface area contributed by atoms with Crippen LogP contribution in [-0.2, 0) is 4.79 Å². The third-order valence-electron chi connectivity index (χ3n) is 4.25. The summed E-state index contributed by atoms with van der Waals surface area (Å²) in [4.78, 5) is 13.5. The molecular weight excluding hydrogens is 248 g/mol. The highest BCUT2D eigenvalue weighted by Crippen LogP contribution is 2.34. The molecule has 1 atom stereocenters. The fourth-order valence-electron chi connectivity index (χ4n) is 3.04. The zero-order valence-electron chi connectivity index (χ0n) is 12.6. The molecule has 0 spiro atoms. The van der Waals surface area contributed by atoms with Gasteiger partial charge in [-0.3, -0.25) is 4.79 Å². The molecule has 1 saturated carbocycles. The molecule has 1 fully saturated rings. The molecule has 1 N–H and O–H groups in total. The molecular formula is C17H26N2O. The molecule has 0 saturated heterocycles. The van der Waals surface area contributed by atoms with Crippen LogP contribution >= 0.6 is 0 Å². The monoisotopic (exact) mass is 274 g/mol. The van der Waals surface area contributed by atoms with Crippen LogP contribution < -0.4 is 5.32 Å². The minimum atomic E-state index is 0.141. The van der Waals surface area contributed by atoms with Gasteiger partial charge in [-0.15, -0.1) is 0 Å². The van der Waals surface area contributed by atoms with E-state index in [2.05, 4.69) is 29.6 Å². The van der Waals surface area contributed by atoms with Crippen LogP contribution in [0.25, 0.3) is 0 Å². The Balaban J connectivity index is 2.05. The summed E-state index contributed by atoms with van der Waals surface area (Å²) in [6, 6.07) is 10.9. The van der Waals surface area contributed by atoms with Crippen molar-refractivity contribution in [2.45, 2.75) is 38.1 Å². The van der Waals surface area contributed by atoms with Crippen molar-refractivity contribution >= 4 is 5.91 Å². The molecule has 3 nitrogen and oxygen atoms in total. The number of likely N-dealkylation sites (N-methyl/N-ethyl adjacent to an activating group) is 1. The van der Waals surface area contributed by atoms with Crippen molar-refractivity contribution in [2.75, 3.05) is 20.6 Å². The molecule has 0 aliphatic heterocycles. The Kier molecular flexibility index (Phi) is 5.60. The van der Waals surface area contributed by atoms with Gasteiger partial charge in [0.1, 0.15) is 0 Å². The zero-order valence-corrected chi connectivity index (χ0v) is 12.6. The molecule has 0 heterocycles. The van der Waals surface area contributed by atoms with Gasteiger partial charge in [0.05, 0.1) is 6.54 Å². The van der Waals surface area contributed by atoms with Crippen LogP contribution in [0.3, 0.4) is 0 Å². The second-order valence-corrected chi connectivity index (χ2v) is 5.96. The van der Waals surface area contributed by atoms with Gasteiger partial charge in [-0.2, -0.15) is 0 Å². The number of benzene rings is 1. The summed E-state index contributed by atoms with van der Waals surface area (Å²) >= 11 is 0. The topological polar surface area (TPSA) is 32.3 Å². The summed E-state index contributed by atoms with van der Waals surface area (Å²) in [7, 11) is 3.62. The van der Waals surface area contributed by atoms with E-state index in [1.165, 1.54) is 37.7 Å². The predicted octanol–water partition coefficient (Wildman–Crippen LogP) is 2.99. The van der Waals surface area contributed by atoms with Crippen LogP contribution in [0.5, 0.6) is 0 Å². The van der Waals surface area contributed by atoms with E-state index in [0.717, 1.165) is 0 Å². The van der Waals surface area contributed by atoms with E-state index in [4.69, 9.17) is 0 Å². The van der Waals surface area contributed by atoms with E-state index in [1.54, 1.807) is 4.90 Å². The Morgan fingerprint density at radius 1 is 1.20 bits per heavy atom. The largest absolute Gasteiger partial charge is 0.348 e. The summed E-state index contributed by atoms with van der Waals surface area (Å²) < 4.78 is 0. The second kappa shape index (κ2) is 7.44. The first-order valence-electron chi connectivity index (χ1n) is 7.67. The Labute approximate surface area is 122 Å². The molecule has 1 amide bonds. The van der Waals surface area contributed by atoms with Gasteiger partial charge in [-0.1, -0.05) is 49.6 Å². The lowest BCUT2D eigenvalue weighted by Gasteiger charge is -2.31. The van der Waals surface area contributed by atoms with Crippen LogP contribution in [0.15, 0.2) is 30.3 Å². The van der Waals surface area contributed by atoms with Crippen molar-refractivity contribution in [1.29, 1.82) is 0 Å². The van der Waals surface area contributed by atoms with Crippen molar-refractivity contribution in [3.05, 3.63) is 35.9 Å². The molecule has 20 heavy (non-hydrogen) atoms. The van der Waals surface area contributed by atoms with Crippen LogP contribution in [0, 0.1) is 5.92 Å². The second-order valence-electron chi connectivity index (χ2n) is 5.96. The van der Waals surface area contributed by atoms with E-state index in [9.17, 15) is 4.79 Å².